The van der Waals surface area contributed by atoms with Gasteiger partial charge < -0.3 is 19.6 Å². The van der Waals surface area contributed by atoms with Crippen LogP contribution in [0.4, 0.5) is 0 Å². The van der Waals surface area contributed by atoms with Gasteiger partial charge in [-0.2, -0.15) is 0 Å². The maximum Gasteiger partial charge on any atom is 0.303 e. The average Bonchev–Trinajstić information content (AvgIpc) is 3.52. The van der Waals surface area contributed by atoms with Crippen molar-refractivity contribution >= 4 is 11.9 Å². The Balaban J connectivity index is 1.47. The smallest absolute Gasteiger partial charge is 0.303 e. The summed E-state index contributed by atoms with van der Waals surface area (Å²) in [4.78, 5) is 28.0. The first kappa shape index (κ1) is 22.5. The number of aryl methyl sites for hydroxylation is 1. The summed E-state index contributed by atoms with van der Waals surface area (Å²) >= 11 is 0. The topological polar surface area (TPSA) is 102 Å². The number of hydrogen-bond acceptors (Lipinski definition) is 5. The van der Waals surface area contributed by atoms with Crippen LogP contribution in [0.2, 0.25) is 0 Å². The van der Waals surface area contributed by atoms with Crippen molar-refractivity contribution in [2.75, 3.05) is 6.54 Å². The van der Waals surface area contributed by atoms with Gasteiger partial charge in [0, 0.05) is 18.9 Å². The average molecular weight is 441 g/mol. The van der Waals surface area contributed by atoms with Gasteiger partial charge >= 0.3 is 5.97 Å². The first-order valence-corrected chi connectivity index (χ1v) is 11.7. The molecule has 32 heavy (non-hydrogen) atoms. The van der Waals surface area contributed by atoms with Gasteiger partial charge in [0.25, 0.3) is 5.91 Å². The SMILES string of the molecule is CCCCCNC(=O)c1coc(C2C3CC[C@H](O3)C2Cc2ccccc2CCC(=O)O)n1. The van der Waals surface area contributed by atoms with E-state index < -0.39 is 5.97 Å². The number of nitrogens with zero attached hydrogens (tertiary/aromatic N) is 1. The highest BCUT2D eigenvalue weighted by atomic mass is 16.5. The minimum Gasteiger partial charge on any atom is -0.481 e. The third kappa shape index (κ3) is 5.04. The maximum atomic E-state index is 12.4. The normalized spacial score (nSPS) is 24.0. The number of unbranched alkanes of at least 4 members (excludes halogenated alkanes) is 2. The Kier molecular flexibility index (Phi) is 7.25. The van der Waals surface area contributed by atoms with E-state index in [0.717, 1.165) is 49.7 Å². The zero-order valence-corrected chi connectivity index (χ0v) is 18.6. The number of aromatic nitrogens is 1. The van der Waals surface area contributed by atoms with Gasteiger partial charge in [-0.25, -0.2) is 4.98 Å². The Bertz CT molecular complexity index is 940. The molecular formula is C25H32N2O5. The Morgan fingerprint density at radius 3 is 2.72 bits per heavy atom. The van der Waals surface area contributed by atoms with Gasteiger partial charge in [-0.1, -0.05) is 44.0 Å². The fourth-order valence-corrected chi connectivity index (χ4v) is 5.08. The Morgan fingerprint density at radius 2 is 1.94 bits per heavy atom. The lowest BCUT2D eigenvalue weighted by atomic mass is 9.75. The van der Waals surface area contributed by atoms with E-state index in [1.165, 1.54) is 6.26 Å². The Hall–Kier alpha value is -2.67. The fourth-order valence-electron chi connectivity index (χ4n) is 5.08. The molecule has 7 heteroatoms. The molecule has 4 rings (SSSR count). The molecule has 0 saturated carbocycles. The van der Waals surface area contributed by atoms with Crippen LogP contribution in [-0.4, -0.2) is 40.7 Å². The summed E-state index contributed by atoms with van der Waals surface area (Å²) in [5.74, 6) is -0.220. The number of amides is 1. The minimum absolute atomic E-state index is 0.00270. The number of benzene rings is 1. The van der Waals surface area contributed by atoms with Gasteiger partial charge in [-0.15, -0.1) is 0 Å². The van der Waals surface area contributed by atoms with Crippen molar-refractivity contribution in [3.63, 3.8) is 0 Å². The highest BCUT2D eigenvalue weighted by Crippen LogP contribution is 2.49. The summed E-state index contributed by atoms with van der Waals surface area (Å²) in [7, 11) is 0. The van der Waals surface area contributed by atoms with Crippen molar-refractivity contribution in [3.8, 4) is 0 Å². The second kappa shape index (κ2) is 10.3. The van der Waals surface area contributed by atoms with E-state index in [0.29, 0.717) is 24.6 Å². The minimum atomic E-state index is -0.791. The summed E-state index contributed by atoms with van der Waals surface area (Å²) in [6.45, 7) is 2.77. The molecule has 0 spiro atoms. The molecule has 2 aliphatic rings. The zero-order valence-electron chi connectivity index (χ0n) is 18.6. The predicted octanol–water partition coefficient (Wildman–Crippen LogP) is 4.12. The molecule has 2 fully saturated rings. The molecule has 2 bridgehead atoms. The third-order valence-corrected chi connectivity index (χ3v) is 6.71. The number of aliphatic carboxylic acids is 1. The number of carbonyl (C=O) groups excluding carboxylic acids is 1. The molecule has 3 heterocycles. The van der Waals surface area contributed by atoms with E-state index in [1.807, 2.05) is 18.2 Å². The van der Waals surface area contributed by atoms with Gasteiger partial charge in [0.1, 0.15) is 6.26 Å². The molecule has 3 unspecified atom stereocenters. The number of carboxylic acids is 1. The lowest BCUT2D eigenvalue weighted by molar-refractivity contribution is -0.136. The summed E-state index contributed by atoms with van der Waals surface area (Å²) in [5, 5.41) is 12.0. The first-order valence-electron chi connectivity index (χ1n) is 11.7. The van der Waals surface area contributed by atoms with Crippen LogP contribution in [0, 0.1) is 5.92 Å². The molecule has 4 atom stereocenters. The van der Waals surface area contributed by atoms with E-state index in [-0.39, 0.29) is 36.4 Å². The van der Waals surface area contributed by atoms with Gasteiger partial charge in [0.15, 0.2) is 5.69 Å². The monoisotopic (exact) mass is 440 g/mol. The molecule has 2 N–H and O–H groups in total. The molecule has 1 amide bonds. The van der Waals surface area contributed by atoms with Crippen LogP contribution in [0.5, 0.6) is 0 Å². The standard InChI is InChI=1S/C25H32N2O5/c1-2-3-6-13-26-24(30)19-15-31-25(27-19)23-18(20-10-11-21(23)32-20)14-17-8-5-4-7-16(17)9-12-22(28)29/h4-5,7-8,15,18,20-21,23H,2-3,6,9-14H2,1H3,(H,26,30)(H,28,29)/t18?,20-,21?,23?/m0/s1. The van der Waals surface area contributed by atoms with Crippen molar-refractivity contribution in [1.29, 1.82) is 0 Å². The molecule has 172 valence electrons. The summed E-state index contributed by atoms with van der Waals surface area (Å²) in [5.41, 5.74) is 2.54. The van der Waals surface area contributed by atoms with Gasteiger partial charge in [-0.05, 0) is 43.2 Å². The summed E-state index contributed by atoms with van der Waals surface area (Å²) in [6.07, 6.45) is 8.17. The lowest BCUT2D eigenvalue weighted by Gasteiger charge is -2.26. The van der Waals surface area contributed by atoms with Crippen molar-refractivity contribution in [2.24, 2.45) is 5.92 Å². The predicted molar refractivity (Wildman–Crippen MR) is 119 cm³/mol. The number of rotatable bonds is 11. The van der Waals surface area contributed by atoms with E-state index in [2.05, 4.69) is 23.3 Å². The van der Waals surface area contributed by atoms with E-state index >= 15 is 0 Å². The molecular weight excluding hydrogens is 408 g/mol. The van der Waals surface area contributed by atoms with Crippen molar-refractivity contribution in [3.05, 3.63) is 53.2 Å². The number of carbonyl (C=O) groups is 2. The van der Waals surface area contributed by atoms with Gasteiger partial charge in [-0.3, -0.25) is 9.59 Å². The largest absolute Gasteiger partial charge is 0.481 e. The molecule has 0 radical (unpaired) electrons. The highest BCUT2D eigenvalue weighted by Gasteiger charge is 2.51. The zero-order chi connectivity index (χ0) is 22.5. The molecule has 7 nitrogen and oxygen atoms in total. The number of fused-ring (bicyclic) bond motifs is 2. The van der Waals surface area contributed by atoms with E-state index in [1.54, 1.807) is 0 Å². The van der Waals surface area contributed by atoms with Crippen LogP contribution in [-0.2, 0) is 22.4 Å². The van der Waals surface area contributed by atoms with Gasteiger partial charge in [0.2, 0.25) is 5.89 Å². The van der Waals surface area contributed by atoms with E-state index in [9.17, 15) is 9.59 Å². The van der Waals surface area contributed by atoms with Crippen LogP contribution in [0.1, 0.15) is 78.9 Å². The summed E-state index contributed by atoms with van der Waals surface area (Å²) in [6, 6.07) is 8.03. The molecule has 2 aromatic rings. The number of oxazole rings is 1. The molecule has 2 aliphatic heterocycles. The number of ether oxygens (including phenoxy) is 1. The fraction of sp³-hybridized carbons (Fsp3) is 0.560. The first-order chi connectivity index (χ1) is 15.6. The van der Waals surface area contributed by atoms with Crippen LogP contribution in [0.25, 0.3) is 0 Å². The Morgan fingerprint density at radius 1 is 1.16 bits per heavy atom. The highest BCUT2D eigenvalue weighted by molar-refractivity contribution is 5.91. The van der Waals surface area contributed by atoms with Crippen LogP contribution in [0.3, 0.4) is 0 Å². The number of nitrogens with one attached hydrogen (secondary N) is 1. The van der Waals surface area contributed by atoms with Crippen LogP contribution >= 0.6 is 0 Å². The Labute approximate surface area is 188 Å². The number of hydrogen-bond donors (Lipinski definition) is 2. The van der Waals surface area contributed by atoms with Crippen LogP contribution < -0.4 is 5.32 Å². The summed E-state index contributed by atoms with van der Waals surface area (Å²) < 4.78 is 12.0. The lowest BCUT2D eigenvalue weighted by Crippen LogP contribution is -2.28. The molecule has 1 aromatic heterocycles. The van der Waals surface area contributed by atoms with Gasteiger partial charge in [0.05, 0.1) is 18.1 Å². The third-order valence-electron chi connectivity index (χ3n) is 6.71. The molecule has 2 saturated heterocycles. The van der Waals surface area contributed by atoms with Crippen molar-refractivity contribution in [1.82, 2.24) is 10.3 Å². The second-order valence-electron chi connectivity index (χ2n) is 8.88. The van der Waals surface area contributed by atoms with E-state index in [4.69, 9.17) is 14.3 Å². The van der Waals surface area contributed by atoms with Crippen LogP contribution in [0.15, 0.2) is 34.9 Å². The molecule has 1 aromatic carbocycles. The number of carboxylic acid groups (broad SMARTS) is 1. The van der Waals surface area contributed by atoms with Crippen molar-refractivity contribution < 1.29 is 23.8 Å². The maximum absolute atomic E-state index is 12.4. The van der Waals surface area contributed by atoms with Crippen molar-refractivity contribution in [2.45, 2.75) is 76.4 Å². The quantitative estimate of drug-likeness (QED) is 0.510. The second-order valence-corrected chi connectivity index (χ2v) is 8.88. The molecule has 0 aliphatic carbocycles.